The van der Waals surface area contributed by atoms with Crippen LogP contribution in [0.1, 0.15) is 15.9 Å². The van der Waals surface area contributed by atoms with Gasteiger partial charge in [-0.2, -0.15) is 4.68 Å². The van der Waals surface area contributed by atoms with Gasteiger partial charge in [0.2, 0.25) is 5.16 Å². The van der Waals surface area contributed by atoms with Crippen LogP contribution < -0.4 is 10.1 Å². The van der Waals surface area contributed by atoms with Crippen LogP contribution in [-0.2, 0) is 5.75 Å². The quantitative estimate of drug-likeness (QED) is 0.454. The van der Waals surface area contributed by atoms with Gasteiger partial charge in [-0.25, -0.2) is 0 Å². The molecule has 8 heteroatoms. The van der Waals surface area contributed by atoms with E-state index < -0.39 is 0 Å². The fourth-order valence-corrected chi connectivity index (χ4v) is 3.62. The number of hydrogen-bond acceptors (Lipinski definition) is 6. The number of nitrogens with zero attached hydrogens (tertiary/aromatic N) is 4. The monoisotopic (exact) mass is 417 g/mol. The van der Waals surface area contributed by atoms with E-state index in [1.807, 2.05) is 54.6 Å². The van der Waals surface area contributed by atoms with Gasteiger partial charge in [0, 0.05) is 17.0 Å². The number of carbonyl (C=O) groups excluding carboxylic acids is 1. The molecule has 0 aliphatic heterocycles. The van der Waals surface area contributed by atoms with Crippen LogP contribution in [0.3, 0.4) is 0 Å². The van der Waals surface area contributed by atoms with Crippen molar-refractivity contribution in [2.24, 2.45) is 0 Å². The normalized spacial score (nSPS) is 10.6. The van der Waals surface area contributed by atoms with E-state index in [0.717, 1.165) is 17.0 Å². The van der Waals surface area contributed by atoms with E-state index in [2.05, 4.69) is 20.8 Å². The Hall–Kier alpha value is -3.65. The van der Waals surface area contributed by atoms with E-state index in [1.54, 1.807) is 36.1 Å². The molecule has 0 saturated heterocycles. The van der Waals surface area contributed by atoms with Crippen LogP contribution >= 0.6 is 11.8 Å². The number of rotatable bonds is 7. The highest BCUT2D eigenvalue weighted by atomic mass is 32.2. The van der Waals surface area contributed by atoms with E-state index in [9.17, 15) is 4.79 Å². The minimum Gasteiger partial charge on any atom is -0.497 e. The summed E-state index contributed by atoms with van der Waals surface area (Å²) in [6, 6.07) is 24.5. The predicted molar refractivity (Wildman–Crippen MR) is 116 cm³/mol. The third-order valence-corrected chi connectivity index (χ3v) is 5.36. The Morgan fingerprint density at radius 1 is 1.00 bits per heavy atom. The van der Waals surface area contributed by atoms with Crippen molar-refractivity contribution in [2.45, 2.75) is 10.9 Å². The van der Waals surface area contributed by atoms with Gasteiger partial charge >= 0.3 is 0 Å². The molecule has 4 aromatic rings. The molecule has 1 N–H and O–H groups in total. The number of benzene rings is 3. The van der Waals surface area contributed by atoms with Crippen LogP contribution in [0.25, 0.3) is 5.69 Å². The van der Waals surface area contributed by atoms with E-state index in [4.69, 9.17) is 4.74 Å². The Kier molecular flexibility index (Phi) is 6.05. The predicted octanol–water partition coefficient (Wildman–Crippen LogP) is 4.22. The number of methoxy groups -OCH3 is 1. The van der Waals surface area contributed by atoms with Crippen molar-refractivity contribution in [2.75, 3.05) is 12.4 Å². The molecule has 0 saturated carbocycles. The third-order valence-electron chi connectivity index (χ3n) is 4.37. The summed E-state index contributed by atoms with van der Waals surface area (Å²) in [5.74, 6) is 1.27. The van der Waals surface area contributed by atoms with Gasteiger partial charge in [0.25, 0.3) is 5.91 Å². The topological polar surface area (TPSA) is 81.9 Å². The van der Waals surface area contributed by atoms with Crippen LogP contribution in [-0.4, -0.2) is 33.2 Å². The minimum absolute atomic E-state index is 0.160. The van der Waals surface area contributed by atoms with Gasteiger partial charge in [-0.1, -0.05) is 42.1 Å². The molecule has 0 fully saturated rings. The van der Waals surface area contributed by atoms with Crippen LogP contribution in [0.4, 0.5) is 5.69 Å². The molecule has 0 aliphatic rings. The van der Waals surface area contributed by atoms with Gasteiger partial charge in [-0.05, 0) is 64.5 Å². The molecule has 1 amide bonds. The van der Waals surface area contributed by atoms with Crippen LogP contribution in [0.2, 0.25) is 0 Å². The zero-order valence-corrected chi connectivity index (χ0v) is 17.0. The molecule has 1 heterocycles. The van der Waals surface area contributed by atoms with E-state index in [1.165, 1.54) is 11.8 Å². The summed E-state index contributed by atoms with van der Waals surface area (Å²) in [6.07, 6.45) is 0. The maximum atomic E-state index is 12.4. The zero-order valence-electron chi connectivity index (χ0n) is 16.2. The number of carbonyl (C=O) groups is 1. The van der Waals surface area contributed by atoms with Gasteiger partial charge < -0.3 is 10.1 Å². The molecule has 0 aliphatic carbocycles. The third kappa shape index (κ3) is 4.66. The average Bonchev–Trinajstić information content (AvgIpc) is 3.28. The lowest BCUT2D eigenvalue weighted by molar-refractivity contribution is 0.102. The molecule has 4 rings (SSSR count). The zero-order chi connectivity index (χ0) is 20.8. The molecule has 0 unspecified atom stereocenters. The van der Waals surface area contributed by atoms with Gasteiger partial charge in [0.1, 0.15) is 5.75 Å². The number of amides is 1. The van der Waals surface area contributed by atoms with Crippen LogP contribution in [0.15, 0.2) is 84.0 Å². The molecule has 3 aromatic carbocycles. The molecule has 0 spiro atoms. The first kappa shape index (κ1) is 19.7. The minimum atomic E-state index is -0.160. The second kappa shape index (κ2) is 9.23. The molecule has 7 nitrogen and oxygen atoms in total. The molecule has 0 radical (unpaired) electrons. The molecule has 30 heavy (non-hydrogen) atoms. The van der Waals surface area contributed by atoms with Crippen molar-refractivity contribution < 1.29 is 9.53 Å². The molecule has 0 bridgehead atoms. The van der Waals surface area contributed by atoms with E-state index in [0.29, 0.717) is 22.2 Å². The number of tetrazole rings is 1. The Bertz CT molecular complexity index is 1110. The van der Waals surface area contributed by atoms with Crippen LogP contribution in [0.5, 0.6) is 5.75 Å². The summed E-state index contributed by atoms with van der Waals surface area (Å²) < 4.78 is 6.84. The highest BCUT2D eigenvalue weighted by Gasteiger charge is 2.10. The summed E-state index contributed by atoms with van der Waals surface area (Å²) in [6.45, 7) is 0. The summed E-state index contributed by atoms with van der Waals surface area (Å²) in [5, 5.41) is 15.5. The van der Waals surface area contributed by atoms with Crippen molar-refractivity contribution in [1.29, 1.82) is 0 Å². The summed E-state index contributed by atoms with van der Waals surface area (Å²) in [4.78, 5) is 12.4. The maximum absolute atomic E-state index is 12.4. The highest BCUT2D eigenvalue weighted by Crippen LogP contribution is 2.23. The van der Waals surface area contributed by atoms with Crippen molar-refractivity contribution in [3.05, 3.63) is 90.0 Å². The summed E-state index contributed by atoms with van der Waals surface area (Å²) in [5.41, 5.74) is 3.29. The Morgan fingerprint density at radius 2 is 1.73 bits per heavy atom. The first-order valence-electron chi connectivity index (χ1n) is 9.24. The SMILES string of the molecule is COc1ccc(NC(=O)c2ccc(CSc3nnnn3-c3ccccc3)cc2)cc1. The maximum Gasteiger partial charge on any atom is 0.255 e. The summed E-state index contributed by atoms with van der Waals surface area (Å²) >= 11 is 1.54. The Morgan fingerprint density at radius 3 is 2.43 bits per heavy atom. The molecule has 150 valence electrons. The number of aromatic nitrogens is 4. The number of para-hydroxylation sites is 1. The van der Waals surface area contributed by atoms with E-state index in [-0.39, 0.29) is 5.91 Å². The lowest BCUT2D eigenvalue weighted by atomic mass is 10.1. The van der Waals surface area contributed by atoms with E-state index >= 15 is 0 Å². The van der Waals surface area contributed by atoms with Crippen molar-refractivity contribution in [1.82, 2.24) is 20.2 Å². The molecule has 1 aromatic heterocycles. The molecular formula is C22H19N5O2S. The van der Waals surface area contributed by atoms with Gasteiger partial charge in [-0.3, -0.25) is 4.79 Å². The first-order valence-corrected chi connectivity index (χ1v) is 10.2. The fraction of sp³-hybridized carbons (Fsp3) is 0.0909. The fourth-order valence-electron chi connectivity index (χ4n) is 2.78. The first-order chi connectivity index (χ1) is 14.7. The van der Waals surface area contributed by atoms with Gasteiger partial charge in [-0.15, -0.1) is 5.10 Å². The second-order valence-electron chi connectivity index (χ2n) is 6.38. The van der Waals surface area contributed by atoms with Crippen molar-refractivity contribution >= 4 is 23.4 Å². The second-order valence-corrected chi connectivity index (χ2v) is 7.32. The average molecular weight is 417 g/mol. The van der Waals surface area contributed by atoms with Crippen molar-refractivity contribution in [3.8, 4) is 11.4 Å². The summed E-state index contributed by atoms with van der Waals surface area (Å²) in [7, 11) is 1.61. The van der Waals surface area contributed by atoms with Gasteiger partial charge in [0.05, 0.1) is 12.8 Å². The van der Waals surface area contributed by atoms with Crippen LogP contribution in [0, 0.1) is 0 Å². The van der Waals surface area contributed by atoms with Gasteiger partial charge in [0.15, 0.2) is 0 Å². The number of anilines is 1. The standard InChI is InChI=1S/C22H19N5O2S/c1-29-20-13-11-18(12-14-20)23-21(28)17-9-7-16(8-10-17)15-30-22-24-25-26-27(22)19-5-3-2-4-6-19/h2-14H,15H2,1H3,(H,23,28). The number of hydrogen-bond donors (Lipinski definition) is 1. The lowest BCUT2D eigenvalue weighted by Crippen LogP contribution is -2.11. The highest BCUT2D eigenvalue weighted by molar-refractivity contribution is 7.98. The smallest absolute Gasteiger partial charge is 0.255 e. The number of thioether (sulfide) groups is 1. The largest absolute Gasteiger partial charge is 0.497 e. The number of nitrogens with one attached hydrogen (secondary N) is 1. The number of ether oxygens (including phenoxy) is 1. The van der Waals surface area contributed by atoms with Crippen molar-refractivity contribution in [3.63, 3.8) is 0 Å². The Labute approximate surface area is 178 Å². The molecule has 0 atom stereocenters. The molecular weight excluding hydrogens is 398 g/mol. The Balaban J connectivity index is 1.37. The lowest BCUT2D eigenvalue weighted by Gasteiger charge is -2.07.